The van der Waals surface area contributed by atoms with Crippen molar-refractivity contribution in [3.05, 3.63) is 0 Å². The summed E-state index contributed by atoms with van der Waals surface area (Å²) in [6, 6.07) is 0. The van der Waals surface area contributed by atoms with E-state index < -0.39 is 0 Å². The van der Waals surface area contributed by atoms with E-state index in [4.69, 9.17) is 9.84 Å². The third kappa shape index (κ3) is 2.76. The van der Waals surface area contributed by atoms with Gasteiger partial charge < -0.3 is 9.84 Å². The normalized spacial score (nSPS) is 28.5. The van der Waals surface area contributed by atoms with Gasteiger partial charge in [-0.2, -0.15) is 0 Å². The summed E-state index contributed by atoms with van der Waals surface area (Å²) in [5.74, 6) is 0.634. The first-order valence-electron chi connectivity index (χ1n) is 4.85. The molecule has 0 amide bonds. The molecule has 1 rings (SSSR count). The lowest BCUT2D eigenvalue weighted by atomic mass is 9.98. The third-order valence-corrected chi connectivity index (χ3v) is 2.71. The predicted molar refractivity (Wildman–Crippen MR) is 49.1 cm³/mol. The van der Waals surface area contributed by atoms with Gasteiger partial charge in [0.25, 0.3) is 0 Å². The number of aliphatic hydroxyl groups is 1. The second-order valence-electron chi connectivity index (χ2n) is 4.40. The second-order valence-corrected chi connectivity index (χ2v) is 4.40. The lowest BCUT2D eigenvalue weighted by molar-refractivity contribution is 0.253. The summed E-state index contributed by atoms with van der Waals surface area (Å²) in [6.07, 6.45) is 3.72. The molecule has 0 aromatic rings. The Labute approximate surface area is 74.9 Å². The van der Waals surface area contributed by atoms with Gasteiger partial charge in [0, 0.05) is 6.61 Å². The van der Waals surface area contributed by atoms with Gasteiger partial charge >= 0.3 is 0 Å². The largest absolute Gasteiger partial charge is 0.396 e. The summed E-state index contributed by atoms with van der Waals surface area (Å²) in [6.45, 7) is 6.77. The van der Waals surface area contributed by atoms with Gasteiger partial charge in [-0.05, 0) is 39.0 Å². The zero-order chi connectivity index (χ0) is 9.19. The number of hydrogen-bond donors (Lipinski definition) is 1. The van der Waals surface area contributed by atoms with Gasteiger partial charge in [0.05, 0.1) is 11.7 Å². The minimum absolute atomic E-state index is 0.138. The van der Waals surface area contributed by atoms with Crippen molar-refractivity contribution in [2.24, 2.45) is 5.92 Å². The molecule has 0 radical (unpaired) electrons. The van der Waals surface area contributed by atoms with Crippen LogP contribution in [0.25, 0.3) is 0 Å². The van der Waals surface area contributed by atoms with Gasteiger partial charge in [0.15, 0.2) is 0 Å². The summed E-state index contributed by atoms with van der Waals surface area (Å²) >= 11 is 0. The first kappa shape index (κ1) is 10.0. The van der Waals surface area contributed by atoms with E-state index in [1.165, 1.54) is 6.42 Å². The highest BCUT2D eigenvalue weighted by atomic mass is 16.6. The number of hydrogen-bond acceptors (Lipinski definition) is 2. The van der Waals surface area contributed by atoms with Crippen LogP contribution in [0.3, 0.4) is 0 Å². The van der Waals surface area contributed by atoms with E-state index in [2.05, 4.69) is 20.8 Å². The van der Waals surface area contributed by atoms with Gasteiger partial charge in [-0.25, -0.2) is 0 Å². The second kappa shape index (κ2) is 3.75. The van der Waals surface area contributed by atoms with Crippen LogP contribution in [0.1, 0.15) is 40.0 Å². The standard InChI is InChI=1S/C10H20O2/c1-8(6-7-11)4-5-9-10(2,3)12-9/h8-9,11H,4-7H2,1-3H3. The maximum Gasteiger partial charge on any atom is 0.0892 e. The number of ether oxygens (including phenoxy) is 1. The SMILES string of the molecule is CC(CCO)CCC1OC1(C)C. The van der Waals surface area contributed by atoms with E-state index >= 15 is 0 Å². The monoisotopic (exact) mass is 172 g/mol. The molecule has 1 saturated heterocycles. The number of rotatable bonds is 5. The molecule has 1 N–H and O–H groups in total. The number of epoxide rings is 1. The first-order valence-corrected chi connectivity index (χ1v) is 4.85. The molecule has 0 aromatic heterocycles. The van der Waals surface area contributed by atoms with Crippen LogP contribution in [0.5, 0.6) is 0 Å². The van der Waals surface area contributed by atoms with E-state index in [1.54, 1.807) is 0 Å². The van der Waals surface area contributed by atoms with Crippen LogP contribution in [0, 0.1) is 5.92 Å². The van der Waals surface area contributed by atoms with Crippen molar-refractivity contribution in [3.8, 4) is 0 Å². The zero-order valence-corrected chi connectivity index (χ0v) is 8.34. The quantitative estimate of drug-likeness (QED) is 0.643. The molecule has 2 atom stereocenters. The molecule has 0 aliphatic carbocycles. The summed E-state index contributed by atoms with van der Waals surface area (Å²) in [5.41, 5.74) is 0.138. The van der Waals surface area contributed by atoms with Crippen molar-refractivity contribution in [3.63, 3.8) is 0 Å². The van der Waals surface area contributed by atoms with Crippen LogP contribution in [0.15, 0.2) is 0 Å². The van der Waals surface area contributed by atoms with Crippen LogP contribution in [0.2, 0.25) is 0 Å². The Morgan fingerprint density at radius 2 is 2.00 bits per heavy atom. The Balaban J connectivity index is 2.03. The minimum atomic E-state index is 0.138. The summed E-state index contributed by atoms with van der Waals surface area (Å²) in [4.78, 5) is 0. The smallest absolute Gasteiger partial charge is 0.0892 e. The van der Waals surface area contributed by atoms with Crippen molar-refractivity contribution in [1.82, 2.24) is 0 Å². The molecule has 1 fully saturated rings. The van der Waals surface area contributed by atoms with Crippen LogP contribution in [-0.4, -0.2) is 23.4 Å². The summed E-state index contributed by atoms with van der Waals surface area (Å²) in [7, 11) is 0. The third-order valence-electron chi connectivity index (χ3n) is 2.71. The first-order chi connectivity index (χ1) is 5.56. The van der Waals surface area contributed by atoms with Crippen LogP contribution < -0.4 is 0 Å². The van der Waals surface area contributed by atoms with E-state index in [-0.39, 0.29) is 5.60 Å². The van der Waals surface area contributed by atoms with Crippen molar-refractivity contribution in [2.75, 3.05) is 6.61 Å². The molecule has 0 spiro atoms. The van der Waals surface area contributed by atoms with Crippen molar-refractivity contribution in [1.29, 1.82) is 0 Å². The molecule has 1 aliphatic rings. The molecule has 12 heavy (non-hydrogen) atoms. The molecule has 0 bridgehead atoms. The predicted octanol–water partition coefficient (Wildman–Crippen LogP) is 1.96. The van der Waals surface area contributed by atoms with Crippen molar-refractivity contribution in [2.45, 2.75) is 51.7 Å². The van der Waals surface area contributed by atoms with Crippen LogP contribution in [-0.2, 0) is 4.74 Å². The fraction of sp³-hybridized carbons (Fsp3) is 1.00. The highest BCUT2D eigenvalue weighted by Gasteiger charge is 2.46. The molecular formula is C10H20O2. The highest BCUT2D eigenvalue weighted by Crippen LogP contribution is 2.39. The Kier molecular flexibility index (Phi) is 3.13. The van der Waals surface area contributed by atoms with Gasteiger partial charge in [-0.15, -0.1) is 0 Å². The van der Waals surface area contributed by atoms with Crippen LogP contribution >= 0.6 is 0 Å². The topological polar surface area (TPSA) is 32.8 Å². The fourth-order valence-electron chi connectivity index (χ4n) is 1.54. The average molecular weight is 172 g/mol. The van der Waals surface area contributed by atoms with Gasteiger partial charge in [0.1, 0.15) is 0 Å². The molecule has 0 saturated carbocycles. The molecule has 2 heteroatoms. The lowest BCUT2D eigenvalue weighted by Crippen LogP contribution is -2.05. The van der Waals surface area contributed by atoms with Gasteiger partial charge in [0.2, 0.25) is 0 Å². The molecule has 1 heterocycles. The Hall–Kier alpha value is -0.0800. The maximum absolute atomic E-state index is 8.69. The van der Waals surface area contributed by atoms with Gasteiger partial charge in [-0.3, -0.25) is 0 Å². The van der Waals surface area contributed by atoms with Crippen LogP contribution in [0.4, 0.5) is 0 Å². The van der Waals surface area contributed by atoms with E-state index in [0.29, 0.717) is 18.6 Å². The minimum Gasteiger partial charge on any atom is -0.396 e. The Morgan fingerprint density at radius 3 is 2.42 bits per heavy atom. The number of aliphatic hydroxyl groups excluding tert-OH is 1. The molecule has 0 aromatic carbocycles. The highest BCUT2D eigenvalue weighted by molar-refractivity contribution is 4.94. The maximum atomic E-state index is 8.69. The Morgan fingerprint density at radius 1 is 1.42 bits per heavy atom. The fourth-order valence-corrected chi connectivity index (χ4v) is 1.54. The average Bonchev–Trinajstić information content (AvgIpc) is 2.56. The molecule has 72 valence electrons. The zero-order valence-electron chi connectivity index (χ0n) is 8.34. The summed E-state index contributed by atoms with van der Waals surface area (Å²) in [5, 5.41) is 8.69. The Bertz CT molecular complexity index is 143. The molecule has 2 nitrogen and oxygen atoms in total. The summed E-state index contributed by atoms with van der Waals surface area (Å²) < 4.78 is 5.47. The molecule has 1 aliphatic heterocycles. The van der Waals surface area contributed by atoms with Crippen molar-refractivity contribution >= 4 is 0 Å². The van der Waals surface area contributed by atoms with E-state index in [0.717, 1.165) is 12.8 Å². The lowest BCUT2D eigenvalue weighted by Gasteiger charge is -2.07. The van der Waals surface area contributed by atoms with E-state index in [9.17, 15) is 0 Å². The molecule has 2 unspecified atom stereocenters. The van der Waals surface area contributed by atoms with E-state index in [1.807, 2.05) is 0 Å². The molecular weight excluding hydrogens is 152 g/mol. The van der Waals surface area contributed by atoms with Gasteiger partial charge in [-0.1, -0.05) is 6.92 Å². The van der Waals surface area contributed by atoms with Crippen molar-refractivity contribution < 1.29 is 9.84 Å².